The highest BCUT2D eigenvalue weighted by atomic mass is 32.2. The van der Waals surface area contributed by atoms with E-state index in [0.717, 1.165) is 25.9 Å². The van der Waals surface area contributed by atoms with Crippen molar-refractivity contribution in [2.45, 2.75) is 12.8 Å². The largest absolute Gasteiger partial charge is 0.384 e. The van der Waals surface area contributed by atoms with E-state index < -0.39 is 10.2 Å². The maximum Gasteiger partial charge on any atom is 0.279 e. The number of hydrogen-bond donors (Lipinski definition) is 2. The fraction of sp³-hybridized carbons (Fsp3) is 1.00. The Morgan fingerprint density at radius 3 is 2.55 bits per heavy atom. The van der Waals surface area contributed by atoms with Crippen LogP contribution in [0.2, 0.25) is 0 Å². The van der Waals surface area contributed by atoms with Crippen LogP contribution < -0.4 is 10.0 Å². The van der Waals surface area contributed by atoms with Crippen LogP contribution in [-0.2, 0) is 19.7 Å². The summed E-state index contributed by atoms with van der Waals surface area (Å²) in [5.41, 5.74) is -0.0979. The van der Waals surface area contributed by atoms with Crippen LogP contribution in [-0.4, -0.2) is 72.4 Å². The molecule has 2 aliphatic rings. The molecule has 0 amide bonds. The number of piperidine rings is 1. The second-order valence-corrected chi connectivity index (χ2v) is 7.28. The van der Waals surface area contributed by atoms with Gasteiger partial charge < -0.3 is 14.8 Å². The van der Waals surface area contributed by atoms with Gasteiger partial charge in [-0.05, 0) is 25.9 Å². The zero-order valence-corrected chi connectivity index (χ0v) is 12.9. The van der Waals surface area contributed by atoms with E-state index in [1.807, 2.05) is 0 Å². The first-order valence-corrected chi connectivity index (χ1v) is 8.54. The fourth-order valence-electron chi connectivity index (χ4n) is 2.76. The standard InChI is InChI=1S/C12H25N3O4S/c1-18-11-12(2-4-13-5-3-12)10-14-20(16,17)15-6-8-19-9-7-15/h13-14H,2-11H2,1H3. The monoisotopic (exact) mass is 307 g/mol. The SMILES string of the molecule is COCC1(CNS(=O)(=O)N2CCOCC2)CCNCC1. The van der Waals surface area contributed by atoms with Gasteiger partial charge in [0.05, 0.1) is 19.8 Å². The first kappa shape index (κ1) is 16.1. The van der Waals surface area contributed by atoms with E-state index >= 15 is 0 Å². The van der Waals surface area contributed by atoms with Gasteiger partial charge in [-0.2, -0.15) is 12.7 Å². The minimum atomic E-state index is -3.41. The molecule has 0 unspecified atom stereocenters. The maximum atomic E-state index is 12.3. The number of rotatable bonds is 6. The molecule has 0 aromatic heterocycles. The van der Waals surface area contributed by atoms with Crippen LogP contribution in [0.5, 0.6) is 0 Å². The molecule has 118 valence electrons. The second kappa shape index (κ2) is 7.15. The Balaban J connectivity index is 1.93. The van der Waals surface area contributed by atoms with Gasteiger partial charge in [0.1, 0.15) is 0 Å². The van der Waals surface area contributed by atoms with Crippen molar-refractivity contribution >= 4 is 10.2 Å². The van der Waals surface area contributed by atoms with Crippen molar-refractivity contribution in [2.24, 2.45) is 5.41 Å². The van der Waals surface area contributed by atoms with Crippen LogP contribution in [0.25, 0.3) is 0 Å². The van der Waals surface area contributed by atoms with Gasteiger partial charge in [0.15, 0.2) is 0 Å². The Kier molecular flexibility index (Phi) is 5.76. The molecular formula is C12H25N3O4S. The van der Waals surface area contributed by atoms with Crippen LogP contribution in [0.1, 0.15) is 12.8 Å². The predicted octanol–water partition coefficient (Wildman–Crippen LogP) is -0.831. The van der Waals surface area contributed by atoms with Crippen molar-refractivity contribution in [1.29, 1.82) is 0 Å². The predicted molar refractivity (Wildman–Crippen MR) is 75.7 cm³/mol. The molecule has 0 radical (unpaired) electrons. The lowest BCUT2D eigenvalue weighted by Gasteiger charge is -2.37. The highest BCUT2D eigenvalue weighted by Gasteiger charge is 2.34. The summed E-state index contributed by atoms with van der Waals surface area (Å²) in [5.74, 6) is 0. The molecule has 0 aromatic rings. The van der Waals surface area contributed by atoms with Gasteiger partial charge in [0, 0.05) is 32.2 Å². The number of nitrogens with one attached hydrogen (secondary N) is 2. The minimum Gasteiger partial charge on any atom is -0.384 e. The maximum absolute atomic E-state index is 12.3. The molecule has 20 heavy (non-hydrogen) atoms. The van der Waals surface area contributed by atoms with Crippen molar-refractivity contribution in [3.63, 3.8) is 0 Å². The summed E-state index contributed by atoms with van der Waals surface area (Å²) in [6, 6.07) is 0. The summed E-state index contributed by atoms with van der Waals surface area (Å²) in [7, 11) is -1.74. The lowest BCUT2D eigenvalue weighted by atomic mass is 9.80. The topological polar surface area (TPSA) is 79.9 Å². The summed E-state index contributed by atoms with van der Waals surface area (Å²) in [6.07, 6.45) is 1.85. The Morgan fingerprint density at radius 1 is 1.30 bits per heavy atom. The van der Waals surface area contributed by atoms with E-state index in [0.29, 0.717) is 39.5 Å². The minimum absolute atomic E-state index is 0.0979. The zero-order valence-electron chi connectivity index (χ0n) is 12.1. The highest BCUT2D eigenvalue weighted by Crippen LogP contribution is 2.28. The molecule has 0 aromatic carbocycles. The lowest BCUT2D eigenvalue weighted by molar-refractivity contribution is 0.0556. The molecule has 2 fully saturated rings. The Morgan fingerprint density at radius 2 is 1.95 bits per heavy atom. The normalized spacial score (nSPS) is 24.6. The number of methoxy groups -OCH3 is 1. The smallest absolute Gasteiger partial charge is 0.279 e. The van der Waals surface area contributed by atoms with Gasteiger partial charge in [-0.15, -0.1) is 0 Å². The highest BCUT2D eigenvalue weighted by molar-refractivity contribution is 7.87. The van der Waals surface area contributed by atoms with E-state index in [4.69, 9.17) is 9.47 Å². The Hall–Kier alpha value is -0.250. The first-order chi connectivity index (χ1) is 9.58. The lowest BCUT2D eigenvalue weighted by Crippen LogP contribution is -2.52. The average Bonchev–Trinajstić information content (AvgIpc) is 2.48. The van der Waals surface area contributed by atoms with Crippen molar-refractivity contribution in [3.05, 3.63) is 0 Å². The van der Waals surface area contributed by atoms with Gasteiger partial charge in [-0.1, -0.05) is 0 Å². The van der Waals surface area contributed by atoms with E-state index in [1.165, 1.54) is 4.31 Å². The molecule has 0 saturated carbocycles. The first-order valence-electron chi connectivity index (χ1n) is 7.10. The van der Waals surface area contributed by atoms with Gasteiger partial charge in [0.2, 0.25) is 0 Å². The third-order valence-electron chi connectivity index (χ3n) is 4.05. The summed E-state index contributed by atoms with van der Waals surface area (Å²) < 4.78 is 39.3. The molecular weight excluding hydrogens is 282 g/mol. The number of hydrogen-bond acceptors (Lipinski definition) is 5. The van der Waals surface area contributed by atoms with E-state index in [1.54, 1.807) is 7.11 Å². The van der Waals surface area contributed by atoms with Crippen LogP contribution in [0.15, 0.2) is 0 Å². The van der Waals surface area contributed by atoms with Crippen LogP contribution in [0.3, 0.4) is 0 Å². The Bertz CT molecular complexity index is 384. The van der Waals surface area contributed by atoms with E-state index in [9.17, 15) is 8.42 Å². The summed E-state index contributed by atoms with van der Waals surface area (Å²) >= 11 is 0. The molecule has 2 aliphatic heterocycles. The van der Waals surface area contributed by atoms with Gasteiger partial charge in [-0.25, -0.2) is 4.72 Å². The molecule has 2 N–H and O–H groups in total. The van der Waals surface area contributed by atoms with E-state index in [2.05, 4.69) is 10.0 Å². The van der Waals surface area contributed by atoms with E-state index in [-0.39, 0.29) is 5.41 Å². The van der Waals surface area contributed by atoms with Crippen molar-refractivity contribution < 1.29 is 17.9 Å². The molecule has 7 nitrogen and oxygen atoms in total. The van der Waals surface area contributed by atoms with Gasteiger partial charge in [0.25, 0.3) is 10.2 Å². The summed E-state index contributed by atoms with van der Waals surface area (Å²) in [4.78, 5) is 0. The van der Waals surface area contributed by atoms with Gasteiger partial charge in [-0.3, -0.25) is 0 Å². The molecule has 2 heterocycles. The molecule has 2 saturated heterocycles. The molecule has 0 bridgehead atoms. The Labute approximate surface area is 121 Å². The van der Waals surface area contributed by atoms with Crippen molar-refractivity contribution in [2.75, 3.05) is 59.7 Å². The molecule has 2 rings (SSSR count). The van der Waals surface area contributed by atoms with Crippen LogP contribution in [0.4, 0.5) is 0 Å². The molecule has 8 heteroatoms. The number of ether oxygens (including phenoxy) is 2. The summed E-state index contributed by atoms with van der Waals surface area (Å²) in [5, 5.41) is 3.30. The summed E-state index contributed by atoms with van der Waals surface area (Å²) in [6.45, 7) is 4.61. The molecule has 0 aliphatic carbocycles. The van der Waals surface area contributed by atoms with Crippen molar-refractivity contribution in [3.8, 4) is 0 Å². The zero-order chi connectivity index (χ0) is 14.5. The van der Waals surface area contributed by atoms with Crippen LogP contribution in [0, 0.1) is 5.41 Å². The molecule has 0 spiro atoms. The second-order valence-electron chi connectivity index (χ2n) is 5.52. The third-order valence-corrected chi connectivity index (χ3v) is 5.61. The van der Waals surface area contributed by atoms with Crippen molar-refractivity contribution in [1.82, 2.24) is 14.3 Å². The van der Waals surface area contributed by atoms with Crippen LogP contribution >= 0.6 is 0 Å². The number of morpholine rings is 1. The third kappa shape index (κ3) is 4.12. The number of nitrogens with zero attached hydrogens (tertiary/aromatic N) is 1. The van der Waals surface area contributed by atoms with Gasteiger partial charge >= 0.3 is 0 Å². The quantitative estimate of drug-likeness (QED) is 0.669. The molecule has 0 atom stereocenters. The average molecular weight is 307 g/mol. The fourth-order valence-corrected chi connectivity index (χ4v) is 4.06.